The SMILES string of the molecule is Cc1cc2c(cc1Cc1ccc(I)cc1)C(C)(C)CCC2(C)C. The van der Waals surface area contributed by atoms with Gasteiger partial charge in [0.2, 0.25) is 0 Å². The topological polar surface area (TPSA) is 0 Å². The predicted molar refractivity (Wildman–Crippen MR) is 108 cm³/mol. The lowest BCUT2D eigenvalue weighted by Gasteiger charge is -2.42. The first kappa shape index (κ1) is 17.0. The molecule has 0 bridgehead atoms. The van der Waals surface area contributed by atoms with E-state index in [-0.39, 0.29) is 0 Å². The molecule has 23 heavy (non-hydrogen) atoms. The first-order valence-electron chi connectivity index (χ1n) is 8.58. The van der Waals surface area contributed by atoms with Gasteiger partial charge in [0.25, 0.3) is 0 Å². The molecule has 0 spiro atoms. The molecule has 0 fully saturated rings. The van der Waals surface area contributed by atoms with Gasteiger partial charge >= 0.3 is 0 Å². The zero-order valence-corrected chi connectivity index (χ0v) is 17.1. The molecule has 1 heteroatoms. The van der Waals surface area contributed by atoms with Gasteiger partial charge in [-0.25, -0.2) is 0 Å². The van der Waals surface area contributed by atoms with Crippen LogP contribution in [0.25, 0.3) is 0 Å². The third-order valence-electron chi connectivity index (χ3n) is 5.62. The Labute approximate surface area is 154 Å². The molecule has 0 aromatic heterocycles. The third-order valence-corrected chi connectivity index (χ3v) is 6.34. The van der Waals surface area contributed by atoms with Crippen LogP contribution in [0.15, 0.2) is 36.4 Å². The molecule has 0 saturated heterocycles. The van der Waals surface area contributed by atoms with Crippen molar-refractivity contribution in [1.29, 1.82) is 0 Å². The largest absolute Gasteiger partial charge is 0.0577 e. The summed E-state index contributed by atoms with van der Waals surface area (Å²) in [6.45, 7) is 11.9. The molecule has 0 radical (unpaired) electrons. The van der Waals surface area contributed by atoms with E-state index < -0.39 is 0 Å². The second-order valence-electron chi connectivity index (χ2n) is 8.40. The molecule has 2 aromatic rings. The Morgan fingerprint density at radius 1 is 0.870 bits per heavy atom. The van der Waals surface area contributed by atoms with Crippen LogP contribution < -0.4 is 0 Å². The van der Waals surface area contributed by atoms with Crippen molar-refractivity contribution in [3.05, 3.63) is 67.8 Å². The van der Waals surface area contributed by atoms with Crippen LogP contribution in [-0.4, -0.2) is 0 Å². The molecule has 0 heterocycles. The van der Waals surface area contributed by atoms with Gasteiger partial charge in [-0.1, -0.05) is 52.0 Å². The highest BCUT2D eigenvalue weighted by Crippen LogP contribution is 2.46. The van der Waals surface area contributed by atoms with Crippen LogP contribution in [0.3, 0.4) is 0 Å². The molecular weight excluding hydrogens is 391 g/mol. The minimum atomic E-state index is 0.291. The van der Waals surface area contributed by atoms with Gasteiger partial charge in [0.15, 0.2) is 0 Å². The Kier molecular flexibility index (Phi) is 4.37. The zero-order chi connectivity index (χ0) is 16.8. The van der Waals surface area contributed by atoms with E-state index in [9.17, 15) is 0 Å². The number of fused-ring (bicyclic) bond motifs is 1. The molecule has 0 nitrogen and oxygen atoms in total. The second kappa shape index (κ2) is 5.91. The van der Waals surface area contributed by atoms with Crippen molar-refractivity contribution >= 4 is 22.6 Å². The number of benzene rings is 2. The Balaban J connectivity index is 2.05. The summed E-state index contributed by atoms with van der Waals surface area (Å²) in [6.07, 6.45) is 3.59. The molecule has 3 rings (SSSR count). The first-order chi connectivity index (χ1) is 10.7. The molecule has 1 aliphatic carbocycles. The minimum absolute atomic E-state index is 0.291. The van der Waals surface area contributed by atoms with Crippen LogP contribution in [0.4, 0.5) is 0 Å². The standard InChI is InChI=1S/C22H27I/c1-15-12-19-20(22(4,5)11-10-21(19,2)3)14-17(15)13-16-6-8-18(23)9-7-16/h6-9,12,14H,10-11,13H2,1-5H3. The van der Waals surface area contributed by atoms with Crippen LogP contribution in [0, 0.1) is 10.5 Å². The molecule has 2 aromatic carbocycles. The fraction of sp³-hybridized carbons (Fsp3) is 0.455. The number of rotatable bonds is 2. The highest BCUT2D eigenvalue weighted by Gasteiger charge is 2.37. The Hall–Kier alpha value is -0.830. The van der Waals surface area contributed by atoms with Gasteiger partial charge in [-0.3, -0.25) is 0 Å². The summed E-state index contributed by atoms with van der Waals surface area (Å²) < 4.78 is 1.30. The zero-order valence-electron chi connectivity index (χ0n) is 15.0. The van der Waals surface area contributed by atoms with Gasteiger partial charge in [0.05, 0.1) is 0 Å². The maximum Gasteiger partial charge on any atom is 0.0130 e. The van der Waals surface area contributed by atoms with Gasteiger partial charge in [0, 0.05) is 3.57 Å². The summed E-state index contributed by atoms with van der Waals surface area (Å²) in [5.74, 6) is 0. The van der Waals surface area contributed by atoms with E-state index in [0.717, 1.165) is 6.42 Å². The van der Waals surface area contributed by atoms with Crippen molar-refractivity contribution in [2.45, 2.75) is 64.7 Å². The second-order valence-corrected chi connectivity index (χ2v) is 9.64. The highest BCUT2D eigenvalue weighted by molar-refractivity contribution is 14.1. The van der Waals surface area contributed by atoms with Gasteiger partial charge in [-0.2, -0.15) is 0 Å². The summed E-state index contributed by atoms with van der Waals surface area (Å²) in [6, 6.07) is 13.9. The Bertz CT molecular complexity index is 720. The van der Waals surface area contributed by atoms with E-state index in [1.165, 1.54) is 33.1 Å². The Morgan fingerprint density at radius 2 is 1.39 bits per heavy atom. The van der Waals surface area contributed by atoms with E-state index in [1.54, 1.807) is 11.1 Å². The molecule has 0 N–H and O–H groups in total. The van der Waals surface area contributed by atoms with Crippen LogP contribution in [0.2, 0.25) is 0 Å². The molecule has 0 saturated carbocycles. The van der Waals surface area contributed by atoms with Crippen LogP contribution >= 0.6 is 22.6 Å². The van der Waals surface area contributed by atoms with Crippen molar-refractivity contribution in [2.75, 3.05) is 0 Å². The van der Waals surface area contributed by atoms with E-state index in [2.05, 4.69) is 93.6 Å². The molecular formula is C22H27I. The summed E-state index contributed by atoms with van der Waals surface area (Å²) in [5.41, 5.74) is 8.05. The number of hydrogen-bond acceptors (Lipinski definition) is 0. The number of aryl methyl sites for hydroxylation is 1. The van der Waals surface area contributed by atoms with Crippen molar-refractivity contribution in [3.8, 4) is 0 Å². The molecule has 1 aliphatic rings. The number of hydrogen-bond donors (Lipinski definition) is 0. The summed E-state index contributed by atoms with van der Waals surface area (Å²) >= 11 is 2.37. The minimum Gasteiger partial charge on any atom is -0.0577 e. The monoisotopic (exact) mass is 418 g/mol. The average Bonchev–Trinajstić information content (AvgIpc) is 2.48. The molecule has 0 unspecified atom stereocenters. The quantitative estimate of drug-likeness (QED) is 0.486. The van der Waals surface area contributed by atoms with Crippen molar-refractivity contribution in [1.82, 2.24) is 0 Å². The van der Waals surface area contributed by atoms with Crippen LogP contribution in [-0.2, 0) is 17.3 Å². The van der Waals surface area contributed by atoms with Gasteiger partial charge in [0.1, 0.15) is 0 Å². The summed E-state index contributed by atoms with van der Waals surface area (Å²) in [5, 5.41) is 0. The average molecular weight is 418 g/mol. The lowest BCUT2D eigenvalue weighted by atomic mass is 9.62. The highest BCUT2D eigenvalue weighted by atomic mass is 127. The van der Waals surface area contributed by atoms with Crippen molar-refractivity contribution in [3.63, 3.8) is 0 Å². The van der Waals surface area contributed by atoms with Crippen LogP contribution in [0.1, 0.15) is 68.4 Å². The van der Waals surface area contributed by atoms with Gasteiger partial charge in [-0.05, 0) is 99.6 Å². The lowest BCUT2D eigenvalue weighted by Crippen LogP contribution is -2.34. The van der Waals surface area contributed by atoms with Gasteiger partial charge < -0.3 is 0 Å². The van der Waals surface area contributed by atoms with E-state index in [1.807, 2.05) is 0 Å². The molecule has 0 atom stereocenters. The van der Waals surface area contributed by atoms with E-state index in [0.29, 0.717) is 10.8 Å². The van der Waals surface area contributed by atoms with Crippen molar-refractivity contribution in [2.24, 2.45) is 0 Å². The predicted octanol–water partition coefficient (Wildman–Crippen LogP) is 6.54. The van der Waals surface area contributed by atoms with Gasteiger partial charge in [-0.15, -0.1) is 0 Å². The maximum absolute atomic E-state index is 2.50. The molecule has 122 valence electrons. The maximum atomic E-state index is 2.50. The first-order valence-corrected chi connectivity index (χ1v) is 9.66. The van der Waals surface area contributed by atoms with Crippen molar-refractivity contribution < 1.29 is 0 Å². The third kappa shape index (κ3) is 3.35. The van der Waals surface area contributed by atoms with E-state index in [4.69, 9.17) is 0 Å². The lowest BCUT2D eigenvalue weighted by molar-refractivity contribution is 0.331. The normalized spacial score (nSPS) is 18.5. The Morgan fingerprint density at radius 3 is 1.96 bits per heavy atom. The smallest absolute Gasteiger partial charge is 0.0130 e. The molecule has 0 amide bonds. The van der Waals surface area contributed by atoms with Crippen LogP contribution in [0.5, 0.6) is 0 Å². The fourth-order valence-electron chi connectivity index (χ4n) is 3.78. The summed E-state index contributed by atoms with van der Waals surface area (Å²) in [7, 11) is 0. The molecule has 0 aliphatic heterocycles. The number of halogens is 1. The fourth-order valence-corrected chi connectivity index (χ4v) is 4.14. The van der Waals surface area contributed by atoms with E-state index >= 15 is 0 Å². The summed E-state index contributed by atoms with van der Waals surface area (Å²) in [4.78, 5) is 0.